The number of hydrogen-bond acceptors (Lipinski definition) is 2. The number of hydrogen-bond donors (Lipinski definition) is 1. The molecule has 0 heterocycles. The smallest absolute Gasteiger partial charge is 0.116 e. The number of aldehydes is 1. The highest BCUT2D eigenvalue weighted by Crippen LogP contribution is 2.36. The van der Waals surface area contributed by atoms with Crippen LogP contribution in [0.15, 0.2) is 24.3 Å². The van der Waals surface area contributed by atoms with Crippen molar-refractivity contribution in [3.05, 3.63) is 29.8 Å². The first kappa shape index (κ1) is 16.7. The summed E-state index contributed by atoms with van der Waals surface area (Å²) in [6.07, 6.45) is 1.88. The second-order valence-corrected chi connectivity index (χ2v) is 6.40. The summed E-state index contributed by atoms with van der Waals surface area (Å²) in [7, 11) is 0. The molecule has 102 valence electrons. The van der Waals surface area contributed by atoms with E-state index in [1.54, 1.807) is 12.1 Å². The van der Waals surface area contributed by atoms with E-state index in [1.807, 2.05) is 12.1 Å². The minimum absolute atomic E-state index is 0.159. The Hall–Kier alpha value is -1.31. The molecule has 0 atom stereocenters. The average molecular weight is 250 g/mol. The van der Waals surface area contributed by atoms with Crippen molar-refractivity contribution < 1.29 is 9.90 Å². The normalized spacial score (nSPS) is 11.4. The number of phenolic OH excluding ortho intramolecular Hbond substituents is 1. The van der Waals surface area contributed by atoms with Crippen LogP contribution < -0.4 is 0 Å². The second-order valence-electron chi connectivity index (χ2n) is 6.40. The van der Waals surface area contributed by atoms with Gasteiger partial charge in [0.2, 0.25) is 0 Å². The molecular formula is C16H26O2. The third kappa shape index (κ3) is 6.43. The van der Waals surface area contributed by atoms with Crippen LogP contribution in [-0.2, 0) is 10.2 Å². The highest BCUT2D eigenvalue weighted by Gasteiger charge is 2.26. The van der Waals surface area contributed by atoms with Crippen molar-refractivity contribution in [1.82, 2.24) is 0 Å². The van der Waals surface area contributed by atoms with Crippen LogP contribution in [0.5, 0.6) is 5.75 Å². The summed E-state index contributed by atoms with van der Waals surface area (Å²) >= 11 is 0. The summed E-state index contributed by atoms with van der Waals surface area (Å²) in [4.78, 5) is 8.81. The van der Waals surface area contributed by atoms with E-state index in [0.29, 0.717) is 11.2 Å². The van der Waals surface area contributed by atoms with Gasteiger partial charge in [0.05, 0.1) is 0 Å². The van der Waals surface area contributed by atoms with E-state index >= 15 is 0 Å². The zero-order chi connectivity index (χ0) is 14.4. The molecule has 2 nitrogen and oxygen atoms in total. The van der Waals surface area contributed by atoms with Crippen molar-refractivity contribution in [3.63, 3.8) is 0 Å². The number of carbonyl (C=O) groups is 1. The van der Waals surface area contributed by atoms with Crippen molar-refractivity contribution in [2.24, 2.45) is 5.41 Å². The lowest BCUT2D eigenvalue weighted by molar-refractivity contribution is -0.106. The van der Waals surface area contributed by atoms with Gasteiger partial charge >= 0.3 is 0 Å². The molecule has 1 rings (SSSR count). The molecule has 0 radical (unpaired) electrons. The summed E-state index contributed by atoms with van der Waals surface area (Å²) < 4.78 is 0. The van der Waals surface area contributed by atoms with Crippen molar-refractivity contribution in [1.29, 1.82) is 0 Å². The van der Waals surface area contributed by atoms with E-state index < -0.39 is 0 Å². The number of carbonyl (C=O) groups excluding carboxylic acids is 1. The van der Waals surface area contributed by atoms with E-state index in [1.165, 1.54) is 12.5 Å². The lowest BCUT2D eigenvalue weighted by atomic mass is 9.72. The summed E-state index contributed by atoms with van der Waals surface area (Å²) in [6, 6.07) is 7.56. The molecule has 0 aromatic heterocycles. The highest BCUT2D eigenvalue weighted by atomic mass is 16.3. The van der Waals surface area contributed by atoms with Crippen LogP contribution in [0.25, 0.3) is 0 Å². The Morgan fingerprint density at radius 1 is 1.06 bits per heavy atom. The monoisotopic (exact) mass is 250 g/mol. The van der Waals surface area contributed by atoms with Gasteiger partial charge in [0, 0.05) is 0 Å². The number of benzene rings is 1. The Morgan fingerprint density at radius 2 is 1.44 bits per heavy atom. The topological polar surface area (TPSA) is 37.3 Å². The first-order valence-electron chi connectivity index (χ1n) is 6.32. The van der Waals surface area contributed by atoms with Crippen LogP contribution in [0.3, 0.4) is 0 Å². The van der Waals surface area contributed by atoms with E-state index in [-0.39, 0.29) is 5.41 Å². The molecule has 1 N–H and O–H groups in total. The van der Waals surface area contributed by atoms with Gasteiger partial charge in [0.1, 0.15) is 12.0 Å². The molecule has 1 aromatic carbocycles. The van der Waals surface area contributed by atoms with Gasteiger partial charge in [0.25, 0.3) is 0 Å². The minimum atomic E-state index is 0.159. The molecule has 0 amide bonds. The Bertz CT molecular complexity index is 356. The second kappa shape index (κ2) is 6.58. The first-order valence-corrected chi connectivity index (χ1v) is 6.32. The molecule has 18 heavy (non-hydrogen) atoms. The maximum absolute atomic E-state index is 9.25. The van der Waals surface area contributed by atoms with Gasteiger partial charge in [-0.05, 0) is 41.9 Å². The molecule has 0 aliphatic rings. The van der Waals surface area contributed by atoms with Gasteiger partial charge in [-0.15, -0.1) is 0 Å². The maximum Gasteiger partial charge on any atom is 0.116 e. The van der Waals surface area contributed by atoms with Gasteiger partial charge < -0.3 is 9.90 Å². The van der Waals surface area contributed by atoms with Gasteiger partial charge in [-0.3, -0.25) is 0 Å². The van der Waals surface area contributed by atoms with Crippen molar-refractivity contribution in [2.45, 2.75) is 53.4 Å². The van der Waals surface area contributed by atoms with Crippen LogP contribution in [0.2, 0.25) is 0 Å². The molecule has 0 unspecified atom stereocenters. The van der Waals surface area contributed by atoms with E-state index in [2.05, 4.69) is 34.6 Å². The molecule has 0 saturated carbocycles. The SMILES string of the molecule is CC(C)(C)CC(C)(C)c1ccc(O)cc1.CC=O. The zero-order valence-electron chi connectivity index (χ0n) is 12.4. The molecular weight excluding hydrogens is 224 g/mol. The maximum atomic E-state index is 9.25. The first-order chi connectivity index (χ1) is 8.12. The molecule has 0 spiro atoms. The Morgan fingerprint density at radius 3 is 1.78 bits per heavy atom. The van der Waals surface area contributed by atoms with Crippen molar-refractivity contribution in [3.8, 4) is 5.75 Å². The average Bonchev–Trinajstić information content (AvgIpc) is 2.15. The Kier molecular flexibility index (Phi) is 6.10. The highest BCUT2D eigenvalue weighted by molar-refractivity contribution is 5.44. The minimum Gasteiger partial charge on any atom is -0.508 e. The third-order valence-electron chi connectivity index (χ3n) is 2.62. The van der Waals surface area contributed by atoms with E-state index in [4.69, 9.17) is 4.79 Å². The van der Waals surface area contributed by atoms with Gasteiger partial charge in [-0.1, -0.05) is 46.8 Å². The molecule has 0 aliphatic heterocycles. The largest absolute Gasteiger partial charge is 0.508 e. The lowest BCUT2D eigenvalue weighted by Gasteiger charge is -2.33. The molecule has 1 aromatic rings. The quantitative estimate of drug-likeness (QED) is 0.794. The van der Waals surface area contributed by atoms with Crippen molar-refractivity contribution in [2.75, 3.05) is 0 Å². The van der Waals surface area contributed by atoms with Crippen LogP contribution in [-0.4, -0.2) is 11.4 Å². The predicted molar refractivity (Wildman–Crippen MR) is 76.9 cm³/mol. The van der Waals surface area contributed by atoms with Gasteiger partial charge in [-0.25, -0.2) is 0 Å². The van der Waals surface area contributed by atoms with Crippen LogP contribution in [0, 0.1) is 5.41 Å². The van der Waals surface area contributed by atoms with Gasteiger partial charge in [-0.2, -0.15) is 0 Å². The summed E-state index contributed by atoms with van der Waals surface area (Å²) in [5.74, 6) is 0.338. The van der Waals surface area contributed by atoms with Crippen LogP contribution in [0.4, 0.5) is 0 Å². The number of phenols is 1. The summed E-state index contributed by atoms with van der Waals surface area (Å²) in [5, 5.41) is 9.25. The lowest BCUT2D eigenvalue weighted by Crippen LogP contribution is -2.24. The van der Waals surface area contributed by atoms with Crippen molar-refractivity contribution >= 4 is 6.29 Å². The standard InChI is InChI=1S/C14H22O.C2H4O/c1-13(2,3)10-14(4,5)11-6-8-12(15)9-7-11;1-2-3/h6-9,15H,10H2,1-5H3;2H,1H3. The van der Waals surface area contributed by atoms with Crippen LogP contribution in [0.1, 0.15) is 53.5 Å². The predicted octanol–water partition coefficient (Wildman–Crippen LogP) is 4.31. The molecule has 0 aliphatic carbocycles. The molecule has 0 saturated heterocycles. The zero-order valence-corrected chi connectivity index (χ0v) is 12.4. The molecule has 2 heteroatoms. The molecule has 0 bridgehead atoms. The summed E-state index contributed by atoms with van der Waals surface area (Å²) in [5.41, 5.74) is 1.77. The third-order valence-corrected chi connectivity index (χ3v) is 2.62. The fraction of sp³-hybridized carbons (Fsp3) is 0.562. The fourth-order valence-corrected chi connectivity index (χ4v) is 2.34. The Balaban J connectivity index is 0.000000873. The summed E-state index contributed by atoms with van der Waals surface area (Å²) in [6.45, 7) is 12.7. The number of aromatic hydroxyl groups is 1. The Labute approximate surface area is 111 Å². The van der Waals surface area contributed by atoms with E-state index in [9.17, 15) is 5.11 Å². The van der Waals surface area contributed by atoms with Gasteiger partial charge in [0.15, 0.2) is 0 Å². The van der Waals surface area contributed by atoms with Crippen LogP contribution >= 0.6 is 0 Å². The molecule has 0 fully saturated rings. The fourth-order valence-electron chi connectivity index (χ4n) is 2.34. The van der Waals surface area contributed by atoms with E-state index in [0.717, 1.165) is 12.7 Å². The number of rotatable bonds is 2.